The van der Waals surface area contributed by atoms with Gasteiger partial charge in [0.15, 0.2) is 5.01 Å². The van der Waals surface area contributed by atoms with Crippen LogP contribution in [0.15, 0.2) is 0 Å². The third-order valence-corrected chi connectivity index (χ3v) is 3.28. The summed E-state index contributed by atoms with van der Waals surface area (Å²) in [6.45, 7) is 7.94. The Morgan fingerprint density at radius 1 is 1.57 bits per heavy atom. The van der Waals surface area contributed by atoms with Crippen LogP contribution in [0.25, 0.3) is 0 Å². The van der Waals surface area contributed by atoms with Gasteiger partial charge in [0.1, 0.15) is 0 Å². The number of hydrogen-bond donors (Lipinski definition) is 1. The van der Waals surface area contributed by atoms with Crippen LogP contribution in [0, 0.1) is 13.8 Å². The van der Waals surface area contributed by atoms with Crippen molar-refractivity contribution < 1.29 is 4.79 Å². The van der Waals surface area contributed by atoms with E-state index in [9.17, 15) is 4.79 Å². The zero-order valence-corrected chi connectivity index (χ0v) is 9.86. The fourth-order valence-electron chi connectivity index (χ4n) is 0.957. The maximum atomic E-state index is 11.6. The first-order valence-electron chi connectivity index (χ1n) is 4.79. The summed E-state index contributed by atoms with van der Waals surface area (Å²) in [5.74, 6) is -0.0550. The smallest absolute Gasteiger partial charge is 0.280 e. The maximum absolute atomic E-state index is 11.6. The van der Waals surface area contributed by atoms with Gasteiger partial charge < -0.3 is 5.32 Å². The van der Waals surface area contributed by atoms with Crippen LogP contribution in [0.4, 0.5) is 0 Å². The molecule has 78 valence electrons. The molecule has 0 fully saturated rings. The van der Waals surface area contributed by atoms with Gasteiger partial charge in [0.25, 0.3) is 5.91 Å². The molecule has 1 rings (SSSR count). The predicted molar refractivity (Wildman–Crippen MR) is 58.8 cm³/mol. The molecule has 4 heteroatoms. The molecule has 14 heavy (non-hydrogen) atoms. The molecule has 0 saturated carbocycles. The molecule has 0 spiro atoms. The van der Waals surface area contributed by atoms with Crippen LogP contribution in [0.1, 0.15) is 40.6 Å². The monoisotopic (exact) mass is 212 g/mol. The molecule has 1 amide bonds. The lowest BCUT2D eigenvalue weighted by atomic mass is 10.2. The van der Waals surface area contributed by atoms with Crippen molar-refractivity contribution in [3.8, 4) is 0 Å². The van der Waals surface area contributed by atoms with Crippen LogP contribution in [0.3, 0.4) is 0 Å². The molecular weight excluding hydrogens is 196 g/mol. The highest BCUT2D eigenvalue weighted by Crippen LogP contribution is 2.16. The van der Waals surface area contributed by atoms with Gasteiger partial charge in [0.2, 0.25) is 0 Å². The summed E-state index contributed by atoms with van der Waals surface area (Å²) in [5.41, 5.74) is 0.948. The minimum absolute atomic E-state index is 0.0550. The number of aryl methyl sites for hydroxylation is 2. The second-order valence-corrected chi connectivity index (χ2v) is 4.65. The zero-order chi connectivity index (χ0) is 10.7. The first kappa shape index (κ1) is 11.2. The van der Waals surface area contributed by atoms with Crippen molar-refractivity contribution in [1.29, 1.82) is 0 Å². The summed E-state index contributed by atoms with van der Waals surface area (Å²) in [4.78, 5) is 16.9. The molecule has 0 bridgehead atoms. The topological polar surface area (TPSA) is 42.0 Å². The van der Waals surface area contributed by atoms with Crippen molar-refractivity contribution in [2.45, 2.75) is 40.2 Å². The summed E-state index contributed by atoms with van der Waals surface area (Å²) in [6.07, 6.45) is 0.940. The van der Waals surface area contributed by atoms with Crippen LogP contribution >= 0.6 is 11.3 Å². The fourth-order valence-corrected chi connectivity index (χ4v) is 1.78. The van der Waals surface area contributed by atoms with Crippen LogP contribution in [0.2, 0.25) is 0 Å². The minimum Gasteiger partial charge on any atom is -0.348 e. The molecule has 0 aromatic carbocycles. The predicted octanol–water partition coefficient (Wildman–Crippen LogP) is 2.29. The second-order valence-electron chi connectivity index (χ2n) is 3.44. The van der Waals surface area contributed by atoms with Gasteiger partial charge >= 0.3 is 0 Å². The highest BCUT2D eigenvalue weighted by molar-refractivity contribution is 7.13. The molecule has 1 atom stereocenters. The molecule has 1 aromatic heterocycles. The van der Waals surface area contributed by atoms with E-state index in [-0.39, 0.29) is 11.9 Å². The van der Waals surface area contributed by atoms with E-state index in [4.69, 9.17) is 0 Å². The number of amides is 1. The molecule has 1 heterocycles. The molecule has 0 aliphatic heterocycles. The Kier molecular flexibility index (Phi) is 3.63. The Morgan fingerprint density at radius 2 is 2.21 bits per heavy atom. The van der Waals surface area contributed by atoms with E-state index in [0.717, 1.165) is 17.0 Å². The third kappa shape index (κ3) is 2.54. The highest BCUT2D eigenvalue weighted by atomic mass is 32.1. The number of hydrogen-bond acceptors (Lipinski definition) is 3. The van der Waals surface area contributed by atoms with Crippen LogP contribution in [0.5, 0.6) is 0 Å². The number of rotatable bonds is 3. The van der Waals surface area contributed by atoms with Gasteiger partial charge in [0, 0.05) is 10.9 Å². The quantitative estimate of drug-likeness (QED) is 0.835. The van der Waals surface area contributed by atoms with Gasteiger partial charge in [-0.15, -0.1) is 11.3 Å². The van der Waals surface area contributed by atoms with Crippen LogP contribution in [-0.4, -0.2) is 16.9 Å². The molecule has 1 aromatic rings. The lowest BCUT2D eigenvalue weighted by molar-refractivity contribution is 0.0939. The molecule has 3 nitrogen and oxygen atoms in total. The minimum atomic E-state index is -0.0550. The average Bonchev–Trinajstić information content (AvgIpc) is 2.47. The standard InChI is InChI=1S/C10H16N2OS/c1-5-6(2)11-9(13)10-12-7(3)8(4)14-10/h6H,5H2,1-4H3,(H,11,13). The second kappa shape index (κ2) is 4.55. The molecular formula is C10H16N2OS. The van der Waals surface area contributed by atoms with Crippen molar-refractivity contribution >= 4 is 17.2 Å². The summed E-state index contributed by atoms with van der Waals surface area (Å²) in [7, 11) is 0. The lowest BCUT2D eigenvalue weighted by Crippen LogP contribution is -2.31. The average molecular weight is 212 g/mol. The Morgan fingerprint density at radius 3 is 2.64 bits per heavy atom. The highest BCUT2D eigenvalue weighted by Gasteiger charge is 2.13. The lowest BCUT2D eigenvalue weighted by Gasteiger charge is -2.08. The number of nitrogens with zero attached hydrogens (tertiary/aromatic N) is 1. The van der Waals surface area contributed by atoms with Crippen molar-refractivity contribution in [1.82, 2.24) is 10.3 Å². The number of carbonyl (C=O) groups is 1. The number of thiazole rings is 1. The molecule has 1 N–H and O–H groups in total. The molecule has 1 unspecified atom stereocenters. The number of carbonyl (C=O) groups excluding carboxylic acids is 1. The Labute approximate surface area is 88.6 Å². The van der Waals surface area contributed by atoms with E-state index < -0.39 is 0 Å². The fraction of sp³-hybridized carbons (Fsp3) is 0.600. The molecule has 0 aliphatic carbocycles. The van der Waals surface area contributed by atoms with Gasteiger partial charge in [-0.25, -0.2) is 4.98 Å². The normalized spacial score (nSPS) is 12.6. The van der Waals surface area contributed by atoms with Gasteiger partial charge in [-0.2, -0.15) is 0 Å². The maximum Gasteiger partial charge on any atom is 0.280 e. The third-order valence-electron chi connectivity index (χ3n) is 2.21. The van der Waals surface area contributed by atoms with E-state index in [1.807, 2.05) is 27.7 Å². The van der Waals surface area contributed by atoms with Gasteiger partial charge in [0.05, 0.1) is 5.69 Å². The first-order chi connectivity index (χ1) is 6.54. The summed E-state index contributed by atoms with van der Waals surface area (Å²) < 4.78 is 0. The van der Waals surface area contributed by atoms with Crippen molar-refractivity contribution in [2.75, 3.05) is 0 Å². The Bertz CT molecular complexity index is 313. The SMILES string of the molecule is CCC(C)NC(=O)c1nc(C)c(C)s1. The largest absolute Gasteiger partial charge is 0.348 e. The van der Waals surface area contributed by atoms with E-state index in [2.05, 4.69) is 10.3 Å². The molecule has 0 radical (unpaired) electrons. The van der Waals surface area contributed by atoms with E-state index in [1.54, 1.807) is 0 Å². The molecule has 0 saturated heterocycles. The van der Waals surface area contributed by atoms with E-state index in [1.165, 1.54) is 11.3 Å². The van der Waals surface area contributed by atoms with Gasteiger partial charge in [-0.1, -0.05) is 6.92 Å². The number of aromatic nitrogens is 1. The van der Waals surface area contributed by atoms with Crippen molar-refractivity contribution in [3.63, 3.8) is 0 Å². The van der Waals surface area contributed by atoms with Crippen molar-refractivity contribution in [3.05, 3.63) is 15.6 Å². The first-order valence-corrected chi connectivity index (χ1v) is 5.61. The summed E-state index contributed by atoms with van der Waals surface area (Å²) in [6, 6.07) is 0.215. The molecule has 0 aliphatic rings. The van der Waals surface area contributed by atoms with Crippen LogP contribution in [-0.2, 0) is 0 Å². The van der Waals surface area contributed by atoms with Gasteiger partial charge in [-0.3, -0.25) is 4.79 Å². The Hall–Kier alpha value is -0.900. The summed E-state index contributed by atoms with van der Waals surface area (Å²) >= 11 is 1.45. The van der Waals surface area contributed by atoms with Gasteiger partial charge in [-0.05, 0) is 27.2 Å². The number of nitrogens with one attached hydrogen (secondary N) is 1. The summed E-state index contributed by atoms with van der Waals surface area (Å²) in [5, 5.41) is 3.47. The Balaban J connectivity index is 2.70. The van der Waals surface area contributed by atoms with Crippen LogP contribution < -0.4 is 5.32 Å². The van der Waals surface area contributed by atoms with E-state index in [0.29, 0.717) is 5.01 Å². The van der Waals surface area contributed by atoms with E-state index >= 15 is 0 Å². The van der Waals surface area contributed by atoms with Crippen molar-refractivity contribution in [2.24, 2.45) is 0 Å². The zero-order valence-electron chi connectivity index (χ0n) is 9.05.